The molecule has 0 saturated heterocycles. The van der Waals surface area contributed by atoms with Crippen LogP contribution in [0.1, 0.15) is 29.3 Å². The fourth-order valence-electron chi connectivity index (χ4n) is 3.65. The lowest BCUT2D eigenvalue weighted by molar-refractivity contribution is -0.141. The Balaban J connectivity index is 1.93. The van der Waals surface area contributed by atoms with Crippen molar-refractivity contribution in [2.24, 2.45) is 0 Å². The molecule has 0 aromatic heterocycles. The number of benzene rings is 2. The molecule has 1 N–H and O–H groups in total. The summed E-state index contributed by atoms with van der Waals surface area (Å²) in [6.45, 7) is 1.09. The maximum Gasteiger partial charge on any atom is 0.269 e. The predicted octanol–water partition coefficient (Wildman–Crippen LogP) is 1.39. The van der Waals surface area contributed by atoms with E-state index < -0.39 is 34.4 Å². The van der Waals surface area contributed by atoms with Crippen molar-refractivity contribution in [2.45, 2.75) is 30.8 Å². The Morgan fingerprint density at radius 1 is 1.16 bits per heavy atom. The first-order chi connectivity index (χ1) is 15.2. The standard InChI is InChI=1S/C22H25N3O6S/c1-4-18(21(27)23-2)24(13-15-8-7-9-16(12-15)31-3)20(26)14-25-22(28)17-10-5-6-11-19(17)32(25,29)30/h5-12,18H,4,13-14H2,1-3H3,(H,23,27). The minimum atomic E-state index is -4.15. The summed E-state index contributed by atoms with van der Waals surface area (Å²) < 4.78 is 31.5. The van der Waals surface area contributed by atoms with Crippen LogP contribution < -0.4 is 10.1 Å². The highest BCUT2D eigenvalue weighted by molar-refractivity contribution is 7.90. The third-order valence-corrected chi connectivity index (χ3v) is 7.10. The largest absolute Gasteiger partial charge is 0.497 e. The van der Waals surface area contributed by atoms with Crippen molar-refractivity contribution in [3.05, 3.63) is 59.7 Å². The minimum absolute atomic E-state index is 0.0259. The molecule has 1 aliphatic rings. The van der Waals surface area contributed by atoms with Gasteiger partial charge in [0.2, 0.25) is 11.8 Å². The van der Waals surface area contributed by atoms with Gasteiger partial charge in [-0.1, -0.05) is 31.2 Å². The van der Waals surface area contributed by atoms with Crippen LogP contribution in [0.15, 0.2) is 53.4 Å². The van der Waals surface area contributed by atoms with Gasteiger partial charge in [-0.25, -0.2) is 12.7 Å². The molecule has 0 bridgehead atoms. The number of sulfonamides is 1. The molecule has 3 rings (SSSR count). The molecule has 32 heavy (non-hydrogen) atoms. The highest BCUT2D eigenvalue weighted by Crippen LogP contribution is 2.30. The van der Waals surface area contributed by atoms with Crippen molar-refractivity contribution in [1.29, 1.82) is 0 Å². The van der Waals surface area contributed by atoms with Gasteiger partial charge < -0.3 is 15.0 Å². The third kappa shape index (κ3) is 4.31. The summed E-state index contributed by atoms with van der Waals surface area (Å²) in [4.78, 5) is 39.7. The van der Waals surface area contributed by atoms with Crippen molar-refractivity contribution >= 4 is 27.7 Å². The average Bonchev–Trinajstić information content (AvgIpc) is 2.99. The number of nitrogens with one attached hydrogen (secondary N) is 1. The molecule has 0 spiro atoms. The monoisotopic (exact) mass is 459 g/mol. The van der Waals surface area contributed by atoms with E-state index in [1.54, 1.807) is 37.3 Å². The van der Waals surface area contributed by atoms with Gasteiger partial charge in [0.15, 0.2) is 0 Å². The highest BCUT2D eigenvalue weighted by atomic mass is 32.2. The molecule has 0 aliphatic carbocycles. The number of amides is 3. The molecule has 3 amide bonds. The van der Waals surface area contributed by atoms with Crippen molar-refractivity contribution in [3.63, 3.8) is 0 Å². The highest BCUT2D eigenvalue weighted by Gasteiger charge is 2.43. The first kappa shape index (κ1) is 23.3. The van der Waals surface area contributed by atoms with E-state index in [4.69, 9.17) is 4.74 Å². The summed E-state index contributed by atoms with van der Waals surface area (Å²) in [5.41, 5.74) is 0.719. The summed E-state index contributed by atoms with van der Waals surface area (Å²) in [6, 6.07) is 12.0. The lowest BCUT2D eigenvalue weighted by atomic mass is 10.1. The topological polar surface area (TPSA) is 113 Å². The van der Waals surface area contributed by atoms with Crippen molar-refractivity contribution in [2.75, 3.05) is 20.7 Å². The Bertz CT molecular complexity index is 1150. The van der Waals surface area contributed by atoms with Crippen LogP contribution in [0.3, 0.4) is 0 Å². The zero-order valence-electron chi connectivity index (χ0n) is 18.1. The average molecular weight is 460 g/mol. The second-order valence-electron chi connectivity index (χ2n) is 7.22. The van der Waals surface area contributed by atoms with Gasteiger partial charge in [-0.15, -0.1) is 0 Å². The molecule has 10 heteroatoms. The van der Waals surface area contributed by atoms with E-state index in [2.05, 4.69) is 5.32 Å². The maximum absolute atomic E-state index is 13.3. The fraction of sp³-hybridized carbons (Fsp3) is 0.318. The Morgan fingerprint density at radius 2 is 1.88 bits per heavy atom. The van der Waals surface area contributed by atoms with Crippen molar-refractivity contribution in [3.8, 4) is 5.75 Å². The van der Waals surface area contributed by atoms with Crippen LogP contribution in [0.25, 0.3) is 0 Å². The van der Waals surface area contributed by atoms with E-state index in [1.807, 2.05) is 0 Å². The van der Waals surface area contributed by atoms with Gasteiger partial charge in [-0.2, -0.15) is 0 Å². The lowest BCUT2D eigenvalue weighted by Crippen LogP contribution is -2.51. The molecule has 1 unspecified atom stereocenters. The first-order valence-electron chi connectivity index (χ1n) is 10.0. The van der Waals surface area contributed by atoms with Crippen LogP contribution >= 0.6 is 0 Å². The minimum Gasteiger partial charge on any atom is -0.497 e. The van der Waals surface area contributed by atoms with Gasteiger partial charge in [-0.3, -0.25) is 14.4 Å². The molecular weight excluding hydrogens is 434 g/mol. The molecule has 1 aliphatic heterocycles. The van der Waals surface area contributed by atoms with E-state index >= 15 is 0 Å². The quantitative estimate of drug-likeness (QED) is 0.638. The molecule has 0 radical (unpaired) electrons. The van der Waals surface area contributed by atoms with E-state index in [9.17, 15) is 22.8 Å². The number of hydrogen-bond acceptors (Lipinski definition) is 6. The second kappa shape index (κ2) is 9.39. The number of fused-ring (bicyclic) bond motifs is 1. The van der Waals surface area contributed by atoms with E-state index in [-0.39, 0.29) is 22.9 Å². The van der Waals surface area contributed by atoms with Gasteiger partial charge in [0, 0.05) is 13.6 Å². The predicted molar refractivity (Wildman–Crippen MR) is 116 cm³/mol. The van der Waals surface area contributed by atoms with Gasteiger partial charge in [0.1, 0.15) is 23.2 Å². The Morgan fingerprint density at radius 3 is 2.50 bits per heavy atom. The summed E-state index contributed by atoms with van der Waals surface area (Å²) in [5.74, 6) is -1.23. The van der Waals surface area contributed by atoms with Crippen LogP contribution in [0.4, 0.5) is 0 Å². The fourth-order valence-corrected chi connectivity index (χ4v) is 5.17. The number of rotatable bonds is 8. The Kier molecular flexibility index (Phi) is 6.83. The van der Waals surface area contributed by atoms with Gasteiger partial charge >= 0.3 is 0 Å². The molecule has 0 fully saturated rings. The second-order valence-corrected chi connectivity index (χ2v) is 9.06. The number of carbonyl (C=O) groups excluding carboxylic acids is 3. The summed E-state index contributed by atoms with van der Waals surface area (Å²) in [5, 5.41) is 2.54. The van der Waals surface area contributed by atoms with Crippen LogP contribution in [0.2, 0.25) is 0 Å². The number of hydrogen-bond donors (Lipinski definition) is 1. The SMILES string of the molecule is CCC(C(=O)NC)N(Cc1cccc(OC)c1)C(=O)CN1C(=O)c2ccccc2S1(=O)=O. The van der Waals surface area contributed by atoms with Crippen molar-refractivity contribution in [1.82, 2.24) is 14.5 Å². The van der Waals surface area contributed by atoms with E-state index in [1.165, 1.54) is 37.3 Å². The van der Waals surface area contributed by atoms with E-state index in [0.717, 1.165) is 0 Å². The molecule has 2 aromatic rings. The Hall–Kier alpha value is -3.40. The number of nitrogens with zero attached hydrogens (tertiary/aromatic N) is 2. The molecule has 1 atom stereocenters. The molecule has 1 heterocycles. The van der Waals surface area contributed by atoms with E-state index in [0.29, 0.717) is 22.0 Å². The zero-order chi connectivity index (χ0) is 23.5. The smallest absolute Gasteiger partial charge is 0.269 e. The number of likely N-dealkylation sites (N-methyl/N-ethyl adjacent to an activating group) is 1. The first-order valence-corrected chi connectivity index (χ1v) is 11.5. The molecule has 9 nitrogen and oxygen atoms in total. The van der Waals surface area contributed by atoms with Crippen LogP contribution in [-0.4, -0.2) is 62.1 Å². The zero-order valence-corrected chi connectivity index (χ0v) is 18.9. The molecular formula is C22H25N3O6S. The molecule has 0 saturated carbocycles. The van der Waals surface area contributed by atoms with Gasteiger partial charge in [-0.05, 0) is 36.2 Å². The lowest BCUT2D eigenvalue weighted by Gasteiger charge is -2.31. The maximum atomic E-state index is 13.3. The van der Waals surface area contributed by atoms with Crippen LogP contribution in [0.5, 0.6) is 5.75 Å². The van der Waals surface area contributed by atoms with Gasteiger partial charge in [0.25, 0.3) is 15.9 Å². The summed E-state index contributed by atoms with van der Waals surface area (Å²) in [7, 11) is -1.17. The van der Waals surface area contributed by atoms with Crippen LogP contribution in [0, 0.1) is 0 Å². The molecule has 170 valence electrons. The normalized spacial score (nSPS) is 15.1. The summed E-state index contributed by atoms with van der Waals surface area (Å²) >= 11 is 0. The van der Waals surface area contributed by atoms with Crippen molar-refractivity contribution < 1.29 is 27.5 Å². The van der Waals surface area contributed by atoms with Gasteiger partial charge in [0.05, 0.1) is 12.7 Å². The number of carbonyl (C=O) groups is 3. The third-order valence-electron chi connectivity index (χ3n) is 5.31. The number of methoxy groups -OCH3 is 1. The Labute approximate surface area is 187 Å². The number of ether oxygens (including phenoxy) is 1. The summed E-state index contributed by atoms with van der Waals surface area (Å²) in [6.07, 6.45) is 0.302. The molecule has 2 aromatic carbocycles. The van der Waals surface area contributed by atoms with Crippen LogP contribution in [-0.2, 0) is 26.2 Å².